The molecule has 6 heteroatoms. The Kier molecular flexibility index (Phi) is 5.10. The maximum Gasteiger partial charge on any atom is 0.187 e. The Labute approximate surface area is 116 Å². The molecule has 4 nitrogen and oxygen atoms in total. The number of thiophene rings is 1. The zero-order chi connectivity index (χ0) is 12.8. The molecule has 1 aliphatic heterocycles. The Bertz CT molecular complexity index is 411. The third-order valence-electron chi connectivity index (χ3n) is 2.72. The van der Waals surface area contributed by atoms with Crippen molar-refractivity contribution >= 4 is 34.4 Å². The van der Waals surface area contributed by atoms with Crippen LogP contribution in [0.3, 0.4) is 0 Å². The lowest BCUT2D eigenvalue weighted by molar-refractivity contribution is 0.114. The molecule has 0 radical (unpaired) electrons. The van der Waals surface area contributed by atoms with Crippen molar-refractivity contribution in [2.75, 3.05) is 13.2 Å². The maximum atomic E-state index is 5.50. The Morgan fingerprint density at radius 1 is 1.67 bits per heavy atom. The lowest BCUT2D eigenvalue weighted by atomic mass is 10.2. The van der Waals surface area contributed by atoms with E-state index < -0.39 is 0 Å². The van der Waals surface area contributed by atoms with Gasteiger partial charge >= 0.3 is 0 Å². The first kappa shape index (κ1) is 13.5. The molecule has 18 heavy (non-hydrogen) atoms. The smallest absolute Gasteiger partial charge is 0.187 e. The van der Waals surface area contributed by atoms with E-state index in [2.05, 4.69) is 15.8 Å². The molecule has 2 heterocycles. The topological polar surface area (TPSA) is 45.7 Å². The zero-order valence-electron chi connectivity index (χ0n) is 10.3. The Balaban J connectivity index is 1.72. The minimum atomic E-state index is 0.284. The van der Waals surface area contributed by atoms with E-state index >= 15 is 0 Å². The molecule has 1 aromatic heterocycles. The van der Waals surface area contributed by atoms with Gasteiger partial charge in [0.15, 0.2) is 5.11 Å². The molecule has 1 unspecified atom stereocenters. The van der Waals surface area contributed by atoms with Crippen LogP contribution in [-0.2, 0) is 4.74 Å². The summed E-state index contributed by atoms with van der Waals surface area (Å²) in [5.41, 5.74) is 3.79. The fraction of sp³-hybridized carbons (Fsp3) is 0.500. The van der Waals surface area contributed by atoms with Crippen molar-refractivity contribution in [2.24, 2.45) is 5.10 Å². The van der Waals surface area contributed by atoms with Crippen molar-refractivity contribution in [1.29, 1.82) is 0 Å². The van der Waals surface area contributed by atoms with Crippen LogP contribution in [0, 0.1) is 0 Å². The molecule has 2 rings (SSSR count). The summed E-state index contributed by atoms with van der Waals surface area (Å²) in [5.74, 6) is 0. The molecule has 98 valence electrons. The summed E-state index contributed by atoms with van der Waals surface area (Å²) in [5, 5.41) is 9.93. The van der Waals surface area contributed by atoms with E-state index in [0.29, 0.717) is 5.11 Å². The SMILES string of the molecule is C/C(=N\NC(=S)NCC1CCCO1)c1cccs1. The van der Waals surface area contributed by atoms with E-state index in [9.17, 15) is 0 Å². The zero-order valence-corrected chi connectivity index (χ0v) is 11.9. The first-order chi connectivity index (χ1) is 8.75. The number of nitrogens with one attached hydrogen (secondary N) is 2. The van der Waals surface area contributed by atoms with E-state index in [1.54, 1.807) is 11.3 Å². The van der Waals surface area contributed by atoms with Gasteiger partial charge < -0.3 is 10.1 Å². The van der Waals surface area contributed by atoms with Crippen molar-refractivity contribution in [3.05, 3.63) is 22.4 Å². The van der Waals surface area contributed by atoms with Gasteiger partial charge in [-0.3, -0.25) is 5.43 Å². The standard InChI is InChI=1S/C12H17N3OS2/c1-9(11-5-3-7-18-11)14-15-12(17)13-8-10-4-2-6-16-10/h3,5,7,10H,2,4,6,8H2,1H3,(H2,13,15,17)/b14-9+. The molecule has 0 aliphatic carbocycles. The molecule has 0 saturated carbocycles. The van der Waals surface area contributed by atoms with Crippen LogP contribution in [0.1, 0.15) is 24.6 Å². The van der Waals surface area contributed by atoms with Gasteiger partial charge in [-0.1, -0.05) is 6.07 Å². The lowest BCUT2D eigenvalue weighted by Gasteiger charge is -2.12. The van der Waals surface area contributed by atoms with Crippen LogP contribution in [0.15, 0.2) is 22.6 Å². The average Bonchev–Trinajstić information content (AvgIpc) is 3.05. The second-order valence-electron chi connectivity index (χ2n) is 4.13. The highest BCUT2D eigenvalue weighted by atomic mass is 32.1. The second kappa shape index (κ2) is 6.82. The van der Waals surface area contributed by atoms with Crippen LogP contribution >= 0.6 is 23.6 Å². The third kappa shape index (κ3) is 4.04. The molecule has 0 bridgehead atoms. The van der Waals surface area contributed by atoms with E-state index in [4.69, 9.17) is 17.0 Å². The molecule has 1 saturated heterocycles. The number of thiocarbonyl (C=S) groups is 1. The van der Waals surface area contributed by atoms with Crippen LogP contribution in [0.25, 0.3) is 0 Å². The number of rotatable bonds is 4. The van der Waals surface area contributed by atoms with Gasteiger partial charge in [0.05, 0.1) is 11.8 Å². The van der Waals surface area contributed by atoms with Crippen molar-refractivity contribution in [1.82, 2.24) is 10.7 Å². The summed E-state index contributed by atoms with van der Waals surface area (Å²) in [6, 6.07) is 4.04. The monoisotopic (exact) mass is 283 g/mol. The van der Waals surface area contributed by atoms with Gasteiger partial charge in [0.1, 0.15) is 0 Å². The summed E-state index contributed by atoms with van der Waals surface area (Å²) in [6.07, 6.45) is 2.53. The fourth-order valence-electron chi connectivity index (χ4n) is 1.73. The number of nitrogens with zero attached hydrogens (tertiary/aromatic N) is 1. The predicted octanol–water partition coefficient (Wildman–Crippen LogP) is 2.12. The quantitative estimate of drug-likeness (QED) is 0.505. The largest absolute Gasteiger partial charge is 0.376 e. The molecule has 1 fully saturated rings. The summed E-state index contributed by atoms with van der Waals surface area (Å²) >= 11 is 6.82. The summed E-state index contributed by atoms with van der Waals surface area (Å²) in [7, 11) is 0. The van der Waals surface area contributed by atoms with Crippen molar-refractivity contribution < 1.29 is 4.74 Å². The van der Waals surface area contributed by atoms with Crippen LogP contribution in [0.5, 0.6) is 0 Å². The van der Waals surface area contributed by atoms with Gasteiger partial charge in [0.2, 0.25) is 0 Å². The normalized spacial score (nSPS) is 19.8. The number of hydrazone groups is 1. The second-order valence-corrected chi connectivity index (χ2v) is 5.49. The molecule has 1 aliphatic rings. The first-order valence-corrected chi connectivity index (χ1v) is 7.28. The molecule has 0 amide bonds. The van der Waals surface area contributed by atoms with Gasteiger partial charge in [-0.15, -0.1) is 11.3 Å². The van der Waals surface area contributed by atoms with Gasteiger partial charge in [-0.25, -0.2) is 0 Å². The molecule has 0 spiro atoms. The van der Waals surface area contributed by atoms with Gasteiger partial charge in [0.25, 0.3) is 0 Å². The maximum absolute atomic E-state index is 5.50. The van der Waals surface area contributed by atoms with Gasteiger partial charge in [-0.05, 0) is 43.4 Å². The van der Waals surface area contributed by atoms with Gasteiger partial charge in [-0.2, -0.15) is 5.10 Å². The first-order valence-electron chi connectivity index (χ1n) is 5.99. The number of ether oxygens (including phenoxy) is 1. The highest BCUT2D eigenvalue weighted by Crippen LogP contribution is 2.10. The molecule has 2 N–H and O–H groups in total. The highest BCUT2D eigenvalue weighted by molar-refractivity contribution is 7.80. The van der Waals surface area contributed by atoms with E-state index in [1.807, 2.05) is 24.4 Å². The van der Waals surface area contributed by atoms with E-state index in [-0.39, 0.29) is 6.10 Å². The summed E-state index contributed by atoms with van der Waals surface area (Å²) in [6.45, 7) is 3.57. The van der Waals surface area contributed by atoms with Crippen LogP contribution < -0.4 is 10.7 Å². The molecule has 1 atom stereocenters. The minimum Gasteiger partial charge on any atom is -0.376 e. The minimum absolute atomic E-state index is 0.284. The Morgan fingerprint density at radius 3 is 3.22 bits per heavy atom. The molecule has 0 aromatic carbocycles. The van der Waals surface area contributed by atoms with Gasteiger partial charge in [0, 0.05) is 18.0 Å². The molecular formula is C12H17N3OS2. The Hall–Kier alpha value is -0.980. The predicted molar refractivity (Wildman–Crippen MR) is 79.2 cm³/mol. The van der Waals surface area contributed by atoms with Crippen molar-refractivity contribution in [2.45, 2.75) is 25.9 Å². The lowest BCUT2D eigenvalue weighted by Crippen LogP contribution is -2.37. The fourth-order valence-corrected chi connectivity index (χ4v) is 2.53. The van der Waals surface area contributed by atoms with Crippen LogP contribution in [0.2, 0.25) is 0 Å². The number of hydrogen-bond acceptors (Lipinski definition) is 4. The molecular weight excluding hydrogens is 266 g/mol. The Morgan fingerprint density at radius 2 is 2.56 bits per heavy atom. The third-order valence-corrected chi connectivity index (χ3v) is 3.93. The molecule has 1 aromatic rings. The van der Waals surface area contributed by atoms with Crippen molar-refractivity contribution in [3.8, 4) is 0 Å². The van der Waals surface area contributed by atoms with Crippen LogP contribution in [0.4, 0.5) is 0 Å². The average molecular weight is 283 g/mol. The number of hydrogen-bond donors (Lipinski definition) is 2. The summed E-state index contributed by atoms with van der Waals surface area (Å²) < 4.78 is 5.50. The van der Waals surface area contributed by atoms with Crippen LogP contribution in [-0.4, -0.2) is 30.1 Å². The highest BCUT2D eigenvalue weighted by Gasteiger charge is 2.15. The summed E-state index contributed by atoms with van der Waals surface area (Å²) in [4.78, 5) is 1.14. The van der Waals surface area contributed by atoms with E-state index in [0.717, 1.165) is 36.6 Å². The van der Waals surface area contributed by atoms with E-state index in [1.165, 1.54) is 0 Å². The van der Waals surface area contributed by atoms with Crippen molar-refractivity contribution in [3.63, 3.8) is 0 Å².